The Bertz CT molecular complexity index is 1350. The van der Waals surface area contributed by atoms with E-state index in [1.54, 1.807) is 25.4 Å². The van der Waals surface area contributed by atoms with Crippen molar-refractivity contribution < 1.29 is 13.5 Å². The predicted molar refractivity (Wildman–Crippen MR) is 144 cm³/mol. The molecule has 3 aliphatic rings. The third kappa shape index (κ3) is 4.12. The quantitative estimate of drug-likeness (QED) is 0.471. The lowest BCUT2D eigenvalue weighted by molar-refractivity contribution is 0.265. The smallest absolute Gasteiger partial charge is 0.214 e. The molecule has 2 fully saturated rings. The molecule has 2 bridgehead atoms. The highest BCUT2D eigenvalue weighted by atomic mass is 19.2. The van der Waals surface area contributed by atoms with Gasteiger partial charge in [0.1, 0.15) is 17.5 Å². The van der Waals surface area contributed by atoms with Crippen LogP contribution in [0.25, 0.3) is 0 Å². The van der Waals surface area contributed by atoms with Crippen molar-refractivity contribution in [2.24, 2.45) is 17.8 Å². The molecule has 38 heavy (non-hydrogen) atoms. The molecule has 2 aliphatic heterocycles. The van der Waals surface area contributed by atoms with E-state index in [0.717, 1.165) is 48.5 Å². The van der Waals surface area contributed by atoms with Crippen LogP contribution in [0.5, 0.6) is 5.88 Å². The minimum Gasteiger partial charge on any atom is -0.481 e. The lowest BCUT2D eigenvalue weighted by Gasteiger charge is -2.39. The molecule has 1 saturated carbocycles. The number of nitrogens with one attached hydrogen (secondary N) is 1. The van der Waals surface area contributed by atoms with E-state index in [1.807, 2.05) is 24.1 Å². The summed E-state index contributed by atoms with van der Waals surface area (Å²) < 4.78 is 34.4. The summed E-state index contributed by atoms with van der Waals surface area (Å²) in [5.74, 6) is 2.68. The number of halogens is 2. The Kier molecular flexibility index (Phi) is 6.12. The number of fused-ring (bicyclic) bond motifs is 3. The average molecular weight is 521 g/mol. The van der Waals surface area contributed by atoms with Gasteiger partial charge in [-0.05, 0) is 48.8 Å². The number of anilines is 4. The zero-order valence-corrected chi connectivity index (χ0v) is 22.3. The fraction of sp³-hybridized carbons (Fsp3) is 0.483. The molecule has 6 rings (SSSR count). The van der Waals surface area contributed by atoms with Crippen LogP contribution in [-0.4, -0.2) is 48.7 Å². The summed E-state index contributed by atoms with van der Waals surface area (Å²) in [7, 11) is 3.50. The molecular weight excluding hydrogens is 486 g/mol. The van der Waals surface area contributed by atoms with Gasteiger partial charge in [0.05, 0.1) is 12.8 Å². The van der Waals surface area contributed by atoms with Crippen molar-refractivity contribution in [2.45, 2.75) is 38.5 Å². The number of methoxy groups -OCH3 is 1. The van der Waals surface area contributed by atoms with Crippen molar-refractivity contribution in [3.05, 3.63) is 59.6 Å². The van der Waals surface area contributed by atoms with Crippen LogP contribution >= 0.6 is 0 Å². The van der Waals surface area contributed by atoms with Gasteiger partial charge >= 0.3 is 0 Å². The maximum Gasteiger partial charge on any atom is 0.214 e. The molecule has 0 radical (unpaired) electrons. The number of rotatable bonds is 6. The van der Waals surface area contributed by atoms with E-state index >= 15 is 0 Å². The molecule has 1 aromatic carbocycles. The third-order valence-corrected chi connectivity index (χ3v) is 8.62. The average Bonchev–Trinajstić information content (AvgIpc) is 3.30. The first-order valence-electron chi connectivity index (χ1n) is 13.3. The van der Waals surface area contributed by atoms with Crippen LogP contribution in [0.1, 0.15) is 38.1 Å². The SMILES string of the molecule is CNc1nc(CC2C3CCC2CN(c2ccnc(OC)c2)C3)nc2c1C(C)(C)CN2c1cccc(F)c1F. The lowest BCUT2D eigenvalue weighted by Crippen LogP contribution is -2.43. The molecule has 3 aromatic rings. The molecule has 9 heteroatoms. The predicted octanol–water partition coefficient (Wildman–Crippen LogP) is 5.33. The summed E-state index contributed by atoms with van der Waals surface area (Å²) in [4.78, 5) is 18.5. The van der Waals surface area contributed by atoms with Gasteiger partial charge in [0.2, 0.25) is 5.88 Å². The van der Waals surface area contributed by atoms with Crippen LogP contribution < -0.4 is 19.9 Å². The van der Waals surface area contributed by atoms with E-state index < -0.39 is 11.6 Å². The highest BCUT2D eigenvalue weighted by Crippen LogP contribution is 2.48. The van der Waals surface area contributed by atoms with Gasteiger partial charge in [-0.1, -0.05) is 19.9 Å². The number of aromatic nitrogens is 3. The molecule has 200 valence electrons. The molecule has 1 aliphatic carbocycles. The lowest BCUT2D eigenvalue weighted by atomic mass is 9.82. The van der Waals surface area contributed by atoms with E-state index in [4.69, 9.17) is 14.7 Å². The fourth-order valence-corrected chi connectivity index (χ4v) is 6.83. The van der Waals surface area contributed by atoms with Crippen molar-refractivity contribution in [3.8, 4) is 5.88 Å². The number of hydrogen-bond donors (Lipinski definition) is 1. The monoisotopic (exact) mass is 520 g/mol. The number of hydrogen-bond acceptors (Lipinski definition) is 7. The zero-order chi connectivity index (χ0) is 26.6. The summed E-state index contributed by atoms with van der Waals surface area (Å²) in [6.07, 6.45) is 4.94. The Balaban J connectivity index is 1.30. The number of ether oxygens (including phenoxy) is 1. The normalized spacial score (nSPS) is 23.5. The largest absolute Gasteiger partial charge is 0.481 e. The van der Waals surface area contributed by atoms with Gasteiger partial charge in [-0.2, -0.15) is 0 Å². The summed E-state index contributed by atoms with van der Waals surface area (Å²) in [6, 6.07) is 8.37. The highest BCUT2D eigenvalue weighted by molar-refractivity contribution is 5.74. The molecule has 1 N–H and O–H groups in total. The van der Waals surface area contributed by atoms with Gasteiger partial charge in [0.15, 0.2) is 11.6 Å². The second kappa shape index (κ2) is 9.36. The van der Waals surface area contributed by atoms with E-state index in [2.05, 4.69) is 29.0 Å². The summed E-state index contributed by atoms with van der Waals surface area (Å²) >= 11 is 0. The van der Waals surface area contributed by atoms with E-state index in [1.165, 1.54) is 12.8 Å². The molecule has 0 spiro atoms. The van der Waals surface area contributed by atoms with Crippen LogP contribution in [-0.2, 0) is 11.8 Å². The van der Waals surface area contributed by atoms with Crippen molar-refractivity contribution in [2.75, 3.05) is 48.9 Å². The second-order valence-electron chi connectivity index (χ2n) is 11.4. The fourth-order valence-electron chi connectivity index (χ4n) is 6.83. The number of nitrogens with zero attached hydrogens (tertiary/aromatic N) is 5. The minimum atomic E-state index is -0.855. The number of piperidine rings is 1. The molecule has 7 nitrogen and oxygen atoms in total. The second-order valence-corrected chi connectivity index (χ2v) is 11.4. The summed E-state index contributed by atoms with van der Waals surface area (Å²) in [5.41, 5.74) is 1.97. The van der Waals surface area contributed by atoms with Gasteiger partial charge < -0.3 is 19.9 Å². The van der Waals surface area contributed by atoms with Crippen molar-refractivity contribution in [1.29, 1.82) is 0 Å². The van der Waals surface area contributed by atoms with Gasteiger partial charge in [-0.15, -0.1) is 0 Å². The topological polar surface area (TPSA) is 66.4 Å². The van der Waals surface area contributed by atoms with Crippen LogP contribution in [0.3, 0.4) is 0 Å². The molecular formula is C29H34F2N6O. The maximum atomic E-state index is 14.9. The van der Waals surface area contributed by atoms with Crippen molar-refractivity contribution >= 4 is 23.0 Å². The highest BCUT2D eigenvalue weighted by Gasteiger charge is 2.44. The molecule has 1 saturated heterocycles. The van der Waals surface area contributed by atoms with Crippen LogP contribution in [0.15, 0.2) is 36.5 Å². The molecule has 2 aromatic heterocycles. The first-order valence-corrected chi connectivity index (χ1v) is 13.3. The Morgan fingerprint density at radius 2 is 1.87 bits per heavy atom. The standard InChI is InChI=1S/C29H34F2N6O/c1-29(2)16-37(22-7-5-6-21(30)26(22)31)28-25(29)27(32-3)34-23(35-28)13-20-17-8-9-18(20)15-36(14-17)19-10-11-33-24(12-19)38-4/h5-7,10-12,17-18,20H,8-9,13-16H2,1-4H3,(H,32,34,35). The molecule has 0 amide bonds. The first-order chi connectivity index (χ1) is 18.3. The van der Waals surface area contributed by atoms with Gasteiger partial charge in [0, 0.05) is 62.0 Å². The Hall–Kier alpha value is -3.49. The summed E-state index contributed by atoms with van der Waals surface area (Å²) in [5, 5.41) is 3.26. The van der Waals surface area contributed by atoms with E-state index in [0.29, 0.717) is 36.0 Å². The van der Waals surface area contributed by atoms with Crippen molar-refractivity contribution in [3.63, 3.8) is 0 Å². The van der Waals surface area contributed by atoms with Crippen LogP contribution in [0.2, 0.25) is 0 Å². The minimum absolute atomic E-state index is 0.213. The molecule has 2 unspecified atom stereocenters. The van der Waals surface area contributed by atoms with Gasteiger partial charge in [-0.25, -0.2) is 23.7 Å². The molecule has 2 atom stereocenters. The first kappa shape index (κ1) is 24.8. The Morgan fingerprint density at radius 3 is 2.58 bits per heavy atom. The van der Waals surface area contributed by atoms with E-state index in [9.17, 15) is 8.78 Å². The van der Waals surface area contributed by atoms with Crippen molar-refractivity contribution in [1.82, 2.24) is 15.0 Å². The van der Waals surface area contributed by atoms with Gasteiger partial charge in [-0.3, -0.25) is 0 Å². The summed E-state index contributed by atoms with van der Waals surface area (Å²) in [6.45, 7) is 6.64. The zero-order valence-electron chi connectivity index (χ0n) is 22.3. The molecule has 4 heterocycles. The number of pyridine rings is 1. The van der Waals surface area contributed by atoms with Crippen LogP contribution in [0.4, 0.5) is 31.8 Å². The van der Waals surface area contributed by atoms with E-state index in [-0.39, 0.29) is 11.1 Å². The third-order valence-electron chi connectivity index (χ3n) is 8.62. The Morgan fingerprint density at radius 1 is 1.11 bits per heavy atom. The van der Waals surface area contributed by atoms with Gasteiger partial charge in [0.25, 0.3) is 0 Å². The maximum absolute atomic E-state index is 14.9. The Labute approximate surface area is 222 Å². The number of benzene rings is 1. The van der Waals surface area contributed by atoms with Crippen LogP contribution in [0, 0.1) is 29.4 Å².